The van der Waals surface area contributed by atoms with Gasteiger partial charge in [0, 0.05) is 4.47 Å². The number of halogens is 1. The summed E-state index contributed by atoms with van der Waals surface area (Å²) >= 11 is 3.49. The van der Waals surface area contributed by atoms with Crippen molar-refractivity contribution in [3.8, 4) is 17.8 Å². The van der Waals surface area contributed by atoms with E-state index in [2.05, 4.69) is 25.9 Å². The van der Waals surface area contributed by atoms with Gasteiger partial charge in [-0.25, -0.2) is 0 Å². The topological polar surface area (TPSA) is 53.5 Å². The Morgan fingerprint density at radius 2 is 1.75 bits per heavy atom. The number of aromatic nitrogens is 2. The van der Waals surface area contributed by atoms with Gasteiger partial charge in [-0.15, -0.1) is 0 Å². The molecule has 0 aliphatic carbocycles. The van der Waals surface area contributed by atoms with Gasteiger partial charge in [0.25, 0.3) is 0 Å². The first-order valence-corrected chi connectivity index (χ1v) is 6.77. The molecular formula is C14H15BrN2O3. The number of ether oxygens (including phenoxy) is 3. The number of rotatable bonds is 5. The first-order chi connectivity index (χ1) is 9.63. The minimum Gasteiger partial charge on any atom is -0.481 e. The monoisotopic (exact) mass is 338 g/mol. The van der Waals surface area contributed by atoms with Crippen molar-refractivity contribution >= 4 is 15.9 Å². The lowest BCUT2D eigenvalue weighted by Gasteiger charge is -2.10. The van der Waals surface area contributed by atoms with Gasteiger partial charge in [-0.3, -0.25) is 0 Å². The fourth-order valence-electron chi connectivity index (χ4n) is 1.61. The smallest absolute Gasteiger partial charge is 0.323 e. The van der Waals surface area contributed by atoms with Crippen LogP contribution < -0.4 is 14.2 Å². The van der Waals surface area contributed by atoms with Crippen molar-refractivity contribution in [2.75, 3.05) is 14.2 Å². The van der Waals surface area contributed by atoms with Crippen LogP contribution in [0, 0.1) is 6.92 Å². The Hall–Kier alpha value is -1.82. The normalized spacial score (nSPS) is 10.2. The van der Waals surface area contributed by atoms with E-state index in [9.17, 15) is 0 Å². The fourth-order valence-corrected chi connectivity index (χ4v) is 2.02. The molecule has 0 spiro atoms. The molecule has 0 amide bonds. The van der Waals surface area contributed by atoms with Gasteiger partial charge in [0.2, 0.25) is 11.8 Å². The molecule has 1 aromatic carbocycles. The van der Waals surface area contributed by atoms with Crippen molar-refractivity contribution in [1.29, 1.82) is 0 Å². The van der Waals surface area contributed by atoms with Crippen molar-refractivity contribution in [1.82, 2.24) is 9.97 Å². The van der Waals surface area contributed by atoms with Crippen LogP contribution in [0.2, 0.25) is 0 Å². The Morgan fingerprint density at radius 1 is 1.10 bits per heavy atom. The van der Waals surface area contributed by atoms with Crippen LogP contribution in [0.5, 0.6) is 17.8 Å². The van der Waals surface area contributed by atoms with Crippen LogP contribution in [0.25, 0.3) is 0 Å². The fraction of sp³-hybridized carbons (Fsp3) is 0.286. The molecule has 0 aliphatic rings. The molecule has 2 rings (SSSR count). The Bertz CT molecular complexity index is 583. The van der Waals surface area contributed by atoms with Crippen LogP contribution in [-0.2, 0) is 6.61 Å². The van der Waals surface area contributed by atoms with Gasteiger partial charge >= 0.3 is 6.01 Å². The van der Waals surface area contributed by atoms with Crippen molar-refractivity contribution in [3.05, 3.63) is 39.9 Å². The zero-order chi connectivity index (χ0) is 14.5. The van der Waals surface area contributed by atoms with Crippen LogP contribution in [-0.4, -0.2) is 24.2 Å². The van der Waals surface area contributed by atoms with E-state index in [-0.39, 0.29) is 6.01 Å². The molecule has 5 nitrogen and oxygen atoms in total. The molecule has 0 bridgehead atoms. The zero-order valence-corrected chi connectivity index (χ0v) is 13.1. The lowest BCUT2D eigenvalue weighted by Crippen LogP contribution is -2.03. The van der Waals surface area contributed by atoms with Gasteiger partial charge in [0.15, 0.2) is 0 Å². The number of hydrogen-bond acceptors (Lipinski definition) is 5. The molecule has 0 radical (unpaired) electrons. The summed E-state index contributed by atoms with van der Waals surface area (Å²) < 4.78 is 16.8. The molecule has 1 heterocycles. The van der Waals surface area contributed by atoms with Crippen molar-refractivity contribution in [3.63, 3.8) is 0 Å². The van der Waals surface area contributed by atoms with E-state index in [1.807, 2.05) is 25.1 Å². The van der Waals surface area contributed by atoms with E-state index in [0.29, 0.717) is 18.4 Å². The number of hydrogen-bond donors (Lipinski definition) is 0. The van der Waals surface area contributed by atoms with Gasteiger partial charge in [-0.2, -0.15) is 9.97 Å². The Labute approximate surface area is 126 Å². The van der Waals surface area contributed by atoms with Crippen LogP contribution in [0.15, 0.2) is 28.7 Å². The molecule has 1 aromatic heterocycles. The average molecular weight is 339 g/mol. The summed E-state index contributed by atoms with van der Waals surface area (Å²) in [4.78, 5) is 8.24. The molecule has 106 valence electrons. The van der Waals surface area contributed by atoms with E-state index < -0.39 is 0 Å². The summed E-state index contributed by atoms with van der Waals surface area (Å²) in [6, 6.07) is 7.77. The maximum Gasteiger partial charge on any atom is 0.323 e. The number of benzene rings is 1. The number of nitrogens with zero attached hydrogens (tertiary/aromatic N) is 2. The second-order valence-electron chi connectivity index (χ2n) is 4.05. The molecule has 0 saturated heterocycles. The highest BCUT2D eigenvalue weighted by molar-refractivity contribution is 9.10. The van der Waals surface area contributed by atoms with Gasteiger partial charge in [-0.1, -0.05) is 28.1 Å². The molecule has 0 fully saturated rings. The summed E-state index contributed by atoms with van der Waals surface area (Å²) in [5.74, 6) is 0.802. The molecule has 6 heteroatoms. The lowest BCUT2D eigenvalue weighted by atomic mass is 10.1. The Morgan fingerprint density at radius 3 is 2.35 bits per heavy atom. The van der Waals surface area contributed by atoms with E-state index in [4.69, 9.17) is 14.2 Å². The van der Waals surface area contributed by atoms with Crippen molar-refractivity contribution < 1.29 is 14.2 Å². The molecule has 2 aromatic rings. The van der Waals surface area contributed by atoms with E-state index >= 15 is 0 Å². The second kappa shape index (κ2) is 6.56. The van der Waals surface area contributed by atoms with Crippen molar-refractivity contribution in [2.45, 2.75) is 13.5 Å². The quantitative estimate of drug-likeness (QED) is 0.838. The van der Waals surface area contributed by atoms with Gasteiger partial charge in [-0.05, 0) is 24.1 Å². The molecular weight excluding hydrogens is 324 g/mol. The molecule has 0 unspecified atom stereocenters. The third-order valence-corrected chi connectivity index (χ3v) is 3.67. The van der Waals surface area contributed by atoms with Crippen LogP contribution >= 0.6 is 15.9 Å². The summed E-state index contributed by atoms with van der Waals surface area (Å²) in [6.45, 7) is 2.40. The standard InChI is InChI=1S/C14H15BrN2O3/c1-9-10(5-4-6-11(9)15)8-20-14-16-12(18-2)7-13(17-14)19-3/h4-7H,8H2,1-3H3. The van der Waals surface area contributed by atoms with E-state index in [1.165, 1.54) is 14.2 Å². The third kappa shape index (κ3) is 3.39. The largest absolute Gasteiger partial charge is 0.481 e. The summed E-state index contributed by atoms with van der Waals surface area (Å²) in [5, 5.41) is 0. The predicted octanol–water partition coefficient (Wildman–Crippen LogP) is 3.14. The van der Waals surface area contributed by atoms with Gasteiger partial charge in [0.05, 0.1) is 20.3 Å². The van der Waals surface area contributed by atoms with Gasteiger partial charge in [0.1, 0.15) is 6.61 Å². The maximum atomic E-state index is 5.61. The molecule has 0 N–H and O–H groups in total. The van der Waals surface area contributed by atoms with Crippen LogP contribution in [0.3, 0.4) is 0 Å². The summed E-state index contributed by atoms with van der Waals surface area (Å²) in [6.07, 6.45) is 0. The first-order valence-electron chi connectivity index (χ1n) is 5.98. The van der Waals surface area contributed by atoms with Crippen molar-refractivity contribution in [2.24, 2.45) is 0 Å². The minimum atomic E-state index is 0.223. The summed E-state index contributed by atoms with van der Waals surface area (Å²) in [7, 11) is 3.06. The highest BCUT2D eigenvalue weighted by Gasteiger charge is 2.08. The SMILES string of the molecule is COc1cc(OC)nc(OCc2cccc(Br)c2C)n1. The number of methoxy groups -OCH3 is 2. The second-order valence-corrected chi connectivity index (χ2v) is 4.90. The summed E-state index contributed by atoms with van der Waals surface area (Å²) in [5.41, 5.74) is 2.19. The highest BCUT2D eigenvalue weighted by Crippen LogP contribution is 2.22. The highest BCUT2D eigenvalue weighted by atomic mass is 79.9. The first kappa shape index (κ1) is 14.6. The van der Waals surface area contributed by atoms with E-state index in [0.717, 1.165) is 15.6 Å². The van der Waals surface area contributed by atoms with Crippen LogP contribution in [0.4, 0.5) is 0 Å². The lowest BCUT2D eigenvalue weighted by molar-refractivity contribution is 0.265. The molecule has 0 aliphatic heterocycles. The predicted molar refractivity (Wildman–Crippen MR) is 78.3 cm³/mol. The minimum absolute atomic E-state index is 0.223. The van der Waals surface area contributed by atoms with E-state index in [1.54, 1.807) is 6.07 Å². The molecule has 0 saturated carbocycles. The maximum absolute atomic E-state index is 5.61. The van der Waals surface area contributed by atoms with Crippen LogP contribution in [0.1, 0.15) is 11.1 Å². The van der Waals surface area contributed by atoms with Gasteiger partial charge < -0.3 is 14.2 Å². The zero-order valence-electron chi connectivity index (χ0n) is 11.5. The third-order valence-electron chi connectivity index (χ3n) is 2.81. The average Bonchev–Trinajstić information content (AvgIpc) is 2.48. The Balaban J connectivity index is 2.16. The molecule has 0 atom stereocenters. The molecule has 20 heavy (non-hydrogen) atoms. The Kier molecular flexibility index (Phi) is 4.79.